The van der Waals surface area contributed by atoms with E-state index in [1.165, 1.54) is 5.56 Å². The van der Waals surface area contributed by atoms with Crippen LogP contribution in [0, 0.1) is 5.92 Å². The molecule has 1 N–H and O–H groups in total. The lowest BCUT2D eigenvalue weighted by Crippen LogP contribution is -2.08. The fourth-order valence-electron chi connectivity index (χ4n) is 2.17. The van der Waals surface area contributed by atoms with Gasteiger partial charge in [0, 0.05) is 5.92 Å². The van der Waals surface area contributed by atoms with Crippen molar-refractivity contribution >= 4 is 0 Å². The zero-order valence-corrected chi connectivity index (χ0v) is 10.4. The van der Waals surface area contributed by atoms with Crippen LogP contribution < -0.4 is 0 Å². The van der Waals surface area contributed by atoms with Gasteiger partial charge in [0.15, 0.2) is 0 Å². The standard InChI is InChI=1S/C14H19N3/c1-11(2)8-13(14-15-10-16-17-14)9-12-6-4-3-5-7-12/h3-7,10-11,13H,8-9H2,1-2H3,(H,15,16,17)/t13-/m0/s1. The van der Waals surface area contributed by atoms with Crippen LogP contribution in [0.15, 0.2) is 36.7 Å². The SMILES string of the molecule is CC(C)C[C@@H](Cc1ccccc1)c1ncn[nH]1. The molecule has 0 saturated carbocycles. The van der Waals surface area contributed by atoms with Crippen LogP contribution in [0.2, 0.25) is 0 Å². The molecule has 3 nitrogen and oxygen atoms in total. The summed E-state index contributed by atoms with van der Waals surface area (Å²) in [6.07, 6.45) is 3.74. The van der Waals surface area contributed by atoms with E-state index in [4.69, 9.17) is 0 Å². The molecule has 0 bridgehead atoms. The second-order valence-electron chi connectivity index (χ2n) is 4.89. The van der Waals surface area contributed by atoms with Gasteiger partial charge in [0.2, 0.25) is 0 Å². The first-order chi connectivity index (χ1) is 8.25. The highest BCUT2D eigenvalue weighted by Gasteiger charge is 2.16. The Hall–Kier alpha value is -1.64. The molecular weight excluding hydrogens is 210 g/mol. The topological polar surface area (TPSA) is 41.6 Å². The van der Waals surface area contributed by atoms with Crippen LogP contribution in [0.25, 0.3) is 0 Å². The maximum atomic E-state index is 4.30. The van der Waals surface area contributed by atoms with Crippen LogP contribution >= 0.6 is 0 Å². The quantitative estimate of drug-likeness (QED) is 0.855. The largest absolute Gasteiger partial charge is 0.263 e. The lowest BCUT2D eigenvalue weighted by atomic mass is 9.90. The van der Waals surface area contributed by atoms with Gasteiger partial charge in [-0.2, -0.15) is 5.10 Å². The van der Waals surface area contributed by atoms with E-state index in [2.05, 4.69) is 59.4 Å². The number of hydrogen-bond acceptors (Lipinski definition) is 2. The van der Waals surface area contributed by atoms with E-state index in [-0.39, 0.29) is 0 Å². The second kappa shape index (κ2) is 5.62. The van der Waals surface area contributed by atoms with Crippen LogP contribution in [0.5, 0.6) is 0 Å². The van der Waals surface area contributed by atoms with Crippen molar-refractivity contribution in [1.29, 1.82) is 0 Å². The molecule has 0 unspecified atom stereocenters. The number of benzene rings is 1. The number of nitrogens with one attached hydrogen (secondary N) is 1. The van der Waals surface area contributed by atoms with Crippen molar-refractivity contribution in [3.05, 3.63) is 48.0 Å². The van der Waals surface area contributed by atoms with Gasteiger partial charge < -0.3 is 0 Å². The summed E-state index contributed by atoms with van der Waals surface area (Å²) in [6, 6.07) is 10.6. The van der Waals surface area contributed by atoms with E-state index < -0.39 is 0 Å². The molecule has 0 saturated heterocycles. The van der Waals surface area contributed by atoms with E-state index in [0.29, 0.717) is 11.8 Å². The second-order valence-corrected chi connectivity index (χ2v) is 4.89. The molecule has 0 radical (unpaired) electrons. The molecule has 0 amide bonds. The first-order valence-corrected chi connectivity index (χ1v) is 6.15. The molecule has 1 aromatic heterocycles. The summed E-state index contributed by atoms with van der Waals surface area (Å²) in [6.45, 7) is 4.49. The molecule has 0 spiro atoms. The van der Waals surface area contributed by atoms with Gasteiger partial charge in [0.05, 0.1) is 0 Å². The van der Waals surface area contributed by atoms with E-state index in [1.807, 2.05) is 0 Å². The highest BCUT2D eigenvalue weighted by atomic mass is 15.2. The van der Waals surface area contributed by atoms with Gasteiger partial charge in [-0.3, -0.25) is 5.10 Å². The fourth-order valence-corrected chi connectivity index (χ4v) is 2.17. The van der Waals surface area contributed by atoms with Gasteiger partial charge in [-0.05, 0) is 24.3 Å². The molecule has 90 valence electrons. The Bertz CT molecular complexity index is 420. The predicted molar refractivity (Wildman–Crippen MR) is 68.7 cm³/mol. The number of nitrogens with zero attached hydrogens (tertiary/aromatic N) is 2. The Morgan fingerprint density at radius 2 is 1.94 bits per heavy atom. The number of rotatable bonds is 5. The molecule has 0 fully saturated rings. The molecule has 1 heterocycles. The average molecular weight is 229 g/mol. The van der Waals surface area contributed by atoms with Gasteiger partial charge in [-0.1, -0.05) is 44.2 Å². The van der Waals surface area contributed by atoms with E-state index in [9.17, 15) is 0 Å². The van der Waals surface area contributed by atoms with Crippen LogP contribution in [-0.4, -0.2) is 15.2 Å². The number of aromatic nitrogens is 3. The Labute approximate surface area is 102 Å². The average Bonchev–Trinajstić information content (AvgIpc) is 2.82. The highest BCUT2D eigenvalue weighted by Crippen LogP contribution is 2.24. The van der Waals surface area contributed by atoms with Crippen LogP contribution in [0.3, 0.4) is 0 Å². The molecule has 0 aliphatic rings. The molecule has 3 heteroatoms. The van der Waals surface area contributed by atoms with Crippen molar-refractivity contribution < 1.29 is 0 Å². The molecule has 1 atom stereocenters. The van der Waals surface area contributed by atoms with Crippen molar-refractivity contribution in [2.24, 2.45) is 5.92 Å². The van der Waals surface area contributed by atoms with E-state index in [1.54, 1.807) is 6.33 Å². The van der Waals surface area contributed by atoms with Crippen LogP contribution in [0.4, 0.5) is 0 Å². The monoisotopic (exact) mass is 229 g/mol. The summed E-state index contributed by atoms with van der Waals surface area (Å²) in [7, 11) is 0. The number of hydrogen-bond donors (Lipinski definition) is 1. The summed E-state index contributed by atoms with van der Waals surface area (Å²) in [5, 5.41) is 6.96. The van der Waals surface area contributed by atoms with Crippen LogP contribution in [0.1, 0.15) is 37.6 Å². The summed E-state index contributed by atoms with van der Waals surface area (Å²) in [4.78, 5) is 4.30. The van der Waals surface area contributed by atoms with Gasteiger partial charge in [-0.15, -0.1) is 0 Å². The van der Waals surface area contributed by atoms with Crippen molar-refractivity contribution in [3.8, 4) is 0 Å². The molecule has 1 aromatic carbocycles. The minimum Gasteiger partial charge on any atom is -0.263 e. The van der Waals surface area contributed by atoms with Gasteiger partial charge >= 0.3 is 0 Å². The Kier molecular flexibility index (Phi) is 3.91. The molecule has 0 aliphatic carbocycles. The van der Waals surface area contributed by atoms with E-state index in [0.717, 1.165) is 18.7 Å². The summed E-state index contributed by atoms with van der Waals surface area (Å²) in [5.41, 5.74) is 1.36. The molecule has 0 aliphatic heterocycles. The predicted octanol–water partition coefficient (Wildman–Crippen LogP) is 3.18. The first kappa shape index (κ1) is 11.8. The van der Waals surface area contributed by atoms with Gasteiger partial charge in [-0.25, -0.2) is 4.98 Å². The molecule has 2 aromatic rings. The Balaban J connectivity index is 2.11. The number of aromatic amines is 1. The van der Waals surface area contributed by atoms with Crippen molar-refractivity contribution in [2.75, 3.05) is 0 Å². The lowest BCUT2D eigenvalue weighted by Gasteiger charge is -2.16. The third-order valence-electron chi connectivity index (χ3n) is 2.90. The lowest BCUT2D eigenvalue weighted by molar-refractivity contribution is 0.481. The fraction of sp³-hybridized carbons (Fsp3) is 0.429. The summed E-state index contributed by atoms with van der Waals surface area (Å²) < 4.78 is 0. The Morgan fingerprint density at radius 3 is 2.53 bits per heavy atom. The van der Waals surface area contributed by atoms with E-state index >= 15 is 0 Å². The first-order valence-electron chi connectivity index (χ1n) is 6.15. The van der Waals surface area contributed by atoms with Crippen LogP contribution in [-0.2, 0) is 6.42 Å². The van der Waals surface area contributed by atoms with Crippen molar-refractivity contribution in [1.82, 2.24) is 15.2 Å². The zero-order valence-electron chi connectivity index (χ0n) is 10.4. The molecule has 2 rings (SSSR count). The van der Waals surface area contributed by atoms with Crippen molar-refractivity contribution in [2.45, 2.75) is 32.6 Å². The third-order valence-corrected chi connectivity index (χ3v) is 2.90. The maximum absolute atomic E-state index is 4.30. The maximum Gasteiger partial charge on any atom is 0.137 e. The highest BCUT2D eigenvalue weighted by molar-refractivity contribution is 5.17. The smallest absolute Gasteiger partial charge is 0.137 e. The molecule has 17 heavy (non-hydrogen) atoms. The van der Waals surface area contributed by atoms with Crippen molar-refractivity contribution in [3.63, 3.8) is 0 Å². The zero-order chi connectivity index (χ0) is 12.1. The van der Waals surface area contributed by atoms with Gasteiger partial charge in [0.25, 0.3) is 0 Å². The molecular formula is C14H19N3. The third kappa shape index (κ3) is 3.41. The Morgan fingerprint density at radius 1 is 1.18 bits per heavy atom. The summed E-state index contributed by atoms with van der Waals surface area (Å²) in [5.74, 6) is 2.09. The van der Waals surface area contributed by atoms with Gasteiger partial charge in [0.1, 0.15) is 12.2 Å². The normalized spacial score (nSPS) is 12.9. The number of H-pyrrole nitrogens is 1. The minimum atomic E-state index is 0.430. The minimum absolute atomic E-state index is 0.430. The summed E-state index contributed by atoms with van der Waals surface area (Å²) >= 11 is 0.